The standard InChI is InChI=1S/C25H28ClO4P/c26-15-16-28-17-18-29-19-20-30-25-14-8-7-9-22(25)21-31(27,23-10-3-1-4-11-23)24-12-5-2-6-13-24/h1-14H,15-21H2. The first-order chi connectivity index (χ1) is 15.2. The molecule has 31 heavy (non-hydrogen) atoms. The zero-order valence-electron chi connectivity index (χ0n) is 17.5. The highest BCUT2D eigenvalue weighted by Crippen LogP contribution is 2.48. The van der Waals surface area contributed by atoms with Crippen LogP contribution in [0.15, 0.2) is 84.9 Å². The van der Waals surface area contributed by atoms with Crippen LogP contribution in [0.5, 0.6) is 5.75 Å². The highest BCUT2D eigenvalue weighted by Gasteiger charge is 2.28. The van der Waals surface area contributed by atoms with Crippen LogP contribution in [0.3, 0.4) is 0 Å². The van der Waals surface area contributed by atoms with Crippen LogP contribution in [0.25, 0.3) is 0 Å². The van der Waals surface area contributed by atoms with Gasteiger partial charge in [-0.2, -0.15) is 0 Å². The second kappa shape index (κ2) is 12.7. The van der Waals surface area contributed by atoms with Gasteiger partial charge in [0.25, 0.3) is 0 Å². The molecule has 0 amide bonds. The van der Waals surface area contributed by atoms with E-state index in [0.717, 1.165) is 21.9 Å². The van der Waals surface area contributed by atoms with Crippen molar-refractivity contribution >= 4 is 29.4 Å². The second-order valence-corrected chi connectivity index (χ2v) is 10.1. The Hall–Kier alpha value is -2.10. The van der Waals surface area contributed by atoms with Gasteiger partial charge >= 0.3 is 0 Å². The Morgan fingerprint density at radius 3 is 1.77 bits per heavy atom. The number of halogens is 1. The summed E-state index contributed by atoms with van der Waals surface area (Å²) in [6.07, 6.45) is 0.393. The third-order valence-electron chi connectivity index (χ3n) is 4.79. The molecule has 0 atom stereocenters. The highest BCUT2D eigenvalue weighted by molar-refractivity contribution is 7.78. The molecule has 0 heterocycles. The molecule has 0 aliphatic rings. The Balaban J connectivity index is 1.70. The lowest BCUT2D eigenvalue weighted by Gasteiger charge is -2.21. The zero-order chi connectivity index (χ0) is 21.8. The van der Waals surface area contributed by atoms with Gasteiger partial charge in [-0.3, -0.25) is 0 Å². The van der Waals surface area contributed by atoms with E-state index in [1.807, 2.05) is 84.9 Å². The van der Waals surface area contributed by atoms with Crippen LogP contribution in [0.1, 0.15) is 5.56 Å². The van der Waals surface area contributed by atoms with E-state index >= 15 is 0 Å². The van der Waals surface area contributed by atoms with Crippen molar-refractivity contribution in [3.8, 4) is 5.75 Å². The summed E-state index contributed by atoms with van der Waals surface area (Å²) >= 11 is 5.56. The van der Waals surface area contributed by atoms with Crippen molar-refractivity contribution in [2.75, 3.05) is 38.9 Å². The molecule has 0 aliphatic heterocycles. The molecule has 0 bridgehead atoms. The summed E-state index contributed by atoms with van der Waals surface area (Å²) in [5, 5.41) is 1.69. The Bertz CT molecular complexity index is 907. The van der Waals surface area contributed by atoms with E-state index in [-0.39, 0.29) is 0 Å². The first-order valence-corrected chi connectivity index (χ1v) is 12.8. The second-order valence-electron chi connectivity index (χ2n) is 6.94. The van der Waals surface area contributed by atoms with Crippen LogP contribution in [0.2, 0.25) is 0 Å². The lowest BCUT2D eigenvalue weighted by molar-refractivity contribution is 0.0409. The van der Waals surface area contributed by atoms with E-state index in [4.69, 9.17) is 25.8 Å². The first kappa shape index (κ1) is 23.6. The normalized spacial score (nSPS) is 11.4. The van der Waals surface area contributed by atoms with Gasteiger partial charge in [0.2, 0.25) is 0 Å². The number of para-hydroxylation sites is 1. The van der Waals surface area contributed by atoms with E-state index in [9.17, 15) is 4.57 Å². The molecule has 3 rings (SSSR count). The minimum absolute atomic E-state index is 0.393. The molecule has 0 saturated carbocycles. The van der Waals surface area contributed by atoms with Gasteiger partial charge in [0.15, 0.2) is 0 Å². The van der Waals surface area contributed by atoms with Crippen LogP contribution >= 0.6 is 18.7 Å². The summed E-state index contributed by atoms with van der Waals surface area (Å²) < 4.78 is 31.1. The Labute approximate surface area is 189 Å². The minimum Gasteiger partial charge on any atom is -0.491 e. The zero-order valence-corrected chi connectivity index (χ0v) is 19.1. The minimum atomic E-state index is -2.87. The molecule has 0 N–H and O–H groups in total. The fourth-order valence-corrected chi connectivity index (χ4v) is 6.09. The van der Waals surface area contributed by atoms with Crippen LogP contribution in [-0.2, 0) is 20.2 Å². The van der Waals surface area contributed by atoms with Gasteiger partial charge in [-0.1, -0.05) is 78.9 Å². The summed E-state index contributed by atoms with van der Waals surface area (Å²) in [5.41, 5.74) is 0.920. The summed E-state index contributed by atoms with van der Waals surface area (Å²) in [6.45, 7) is 2.40. The Morgan fingerprint density at radius 2 is 1.16 bits per heavy atom. The third-order valence-corrected chi connectivity index (χ3v) is 8.00. The molecule has 164 valence electrons. The van der Waals surface area contributed by atoms with E-state index in [1.54, 1.807) is 0 Å². The SMILES string of the molecule is O=P(Cc1ccccc1OCCOCCOCCCl)(c1ccccc1)c1ccccc1. The smallest absolute Gasteiger partial charge is 0.147 e. The molecule has 0 saturated heterocycles. The Morgan fingerprint density at radius 1 is 0.645 bits per heavy atom. The Kier molecular flexibility index (Phi) is 9.64. The lowest BCUT2D eigenvalue weighted by atomic mass is 10.2. The van der Waals surface area contributed by atoms with Crippen molar-refractivity contribution in [1.82, 2.24) is 0 Å². The van der Waals surface area contributed by atoms with Crippen LogP contribution < -0.4 is 15.3 Å². The van der Waals surface area contributed by atoms with Crippen molar-refractivity contribution < 1.29 is 18.8 Å². The number of hydrogen-bond acceptors (Lipinski definition) is 4. The van der Waals surface area contributed by atoms with Crippen molar-refractivity contribution in [3.63, 3.8) is 0 Å². The summed E-state index contributed by atoms with van der Waals surface area (Å²) in [7, 11) is -2.87. The first-order valence-electron chi connectivity index (χ1n) is 10.4. The predicted molar refractivity (Wildman–Crippen MR) is 128 cm³/mol. The summed E-state index contributed by atoms with van der Waals surface area (Å²) in [6, 6.07) is 27.2. The largest absolute Gasteiger partial charge is 0.491 e. The maximum Gasteiger partial charge on any atom is 0.147 e. The van der Waals surface area contributed by atoms with Crippen LogP contribution in [-0.4, -0.2) is 38.9 Å². The molecule has 3 aromatic carbocycles. The predicted octanol–water partition coefficient (Wildman–Crippen LogP) is 4.85. The molecule has 4 nitrogen and oxygen atoms in total. The van der Waals surface area contributed by atoms with Crippen molar-refractivity contribution in [2.45, 2.75) is 6.16 Å². The fraction of sp³-hybridized carbons (Fsp3) is 0.280. The van der Waals surface area contributed by atoms with E-state index in [0.29, 0.717) is 45.1 Å². The van der Waals surface area contributed by atoms with Crippen LogP contribution in [0.4, 0.5) is 0 Å². The molecule has 0 radical (unpaired) electrons. The van der Waals surface area contributed by atoms with Gasteiger partial charge in [0.1, 0.15) is 19.5 Å². The van der Waals surface area contributed by atoms with Crippen molar-refractivity contribution in [2.24, 2.45) is 0 Å². The van der Waals surface area contributed by atoms with E-state index in [2.05, 4.69) is 0 Å². The number of ether oxygens (including phenoxy) is 3. The van der Waals surface area contributed by atoms with Gasteiger partial charge in [-0.05, 0) is 6.07 Å². The number of rotatable bonds is 13. The lowest BCUT2D eigenvalue weighted by Crippen LogP contribution is -2.18. The molecular formula is C25H28ClO4P. The topological polar surface area (TPSA) is 44.8 Å². The summed E-state index contributed by atoms with van der Waals surface area (Å²) in [4.78, 5) is 0. The molecule has 0 fully saturated rings. The fourth-order valence-electron chi connectivity index (χ4n) is 3.27. The molecule has 0 unspecified atom stereocenters. The van der Waals surface area contributed by atoms with E-state index < -0.39 is 7.14 Å². The van der Waals surface area contributed by atoms with Crippen molar-refractivity contribution in [3.05, 3.63) is 90.5 Å². The third kappa shape index (κ3) is 6.95. The van der Waals surface area contributed by atoms with Gasteiger partial charge in [-0.25, -0.2) is 0 Å². The molecule has 3 aromatic rings. The number of hydrogen-bond donors (Lipinski definition) is 0. The van der Waals surface area contributed by atoms with Gasteiger partial charge in [0, 0.05) is 28.2 Å². The van der Waals surface area contributed by atoms with Gasteiger partial charge < -0.3 is 18.8 Å². The summed E-state index contributed by atoms with van der Waals surface area (Å²) in [5.74, 6) is 1.21. The quantitative estimate of drug-likeness (QED) is 0.209. The maximum absolute atomic E-state index is 14.3. The molecule has 0 aliphatic carbocycles. The highest BCUT2D eigenvalue weighted by atomic mass is 35.5. The average molecular weight is 459 g/mol. The van der Waals surface area contributed by atoms with Crippen molar-refractivity contribution in [1.29, 1.82) is 0 Å². The molecule has 0 aromatic heterocycles. The maximum atomic E-state index is 14.3. The number of alkyl halides is 1. The molecular weight excluding hydrogens is 431 g/mol. The molecule has 0 spiro atoms. The average Bonchev–Trinajstić information content (AvgIpc) is 2.83. The van der Waals surface area contributed by atoms with Crippen LogP contribution in [0, 0.1) is 0 Å². The van der Waals surface area contributed by atoms with Gasteiger partial charge in [0.05, 0.1) is 26.4 Å². The monoisotopic (exact) mass is 458 g/mol. The molecule has 6 heteroatoms. The van der Waals surface area contributed by atoms with E-state index in [1.165, 1.54) is 0 Å². The number of benzene rings is 3. The van der Waals surface area contributed by atoms with Gasteiger partial charge in [-0.15, -0.1) is 11.6 Å².